The number of nitrogens with zero attached hydrogens (tertiary/aromatic N) is 2. The first kappa shape index (κ1) is 26.6. The maximum absolute atomic E-state index is 5.66. The lowest BCUT2D eigenvalue weighted by molar-refractivity contribution is 0.282. The minimum Gasteiger partial charge on any atom is -0.493 e. The van der Waals surface area contributed by atoms with Crippen molar-refractivity contribution in [3.8, 4) is 17.2 Å². The molecule has 0 aromatic heterocycles. The van der Waals surface area contributed by atoms with Crippen molar-refractivity contribution in [2.75, 3.05) is 54.1 Å². The molecule has 1 aromatic carbocycles. The minimum absolute atomic E-state index is 0. The normalized spacial score (nSPS) is 15.0. The van der Waals surface area contributed by atoms with Gasteiger partial charge < -0.3 is 29.7 Å². The number of guanidine groups is 1. The van der Waals surface area contributed by atoms with Crippen LogP contribution in [0.25, 0.3) is 0 Å². The van der Waals surface area contributed by atoms with E-state index in [4.69, 9.17) is 14.2 Å². The monoisotopic (exact) mass is 534 g/mol. The van der Waals surface area contributed by atoms with Crippen molar-refractivity contribution in [1.82, 2.24) is 15.5 Å². The zero-order valence-corrected chi connectivity index (χ0v) is 21.3. The second-order valence-corrected chi connectivity index (χ2v) is 7.22. The number of hydrogen-bond donors (Lipinski definition) is 2. The fourth-order valence-electron chi connectivity index (χ4n) is 3.60. The molecule has 1 fully saturated rings. The van der Waals surface area contributed by atoms with E-state index in [0.717, 1.165) is 31.0 Å². The summed E-state index contributed by atoms with van der Waals surface area (Å²) in [6.07, 6.45) is 6.56. The molecule has 1 aliphatic rings. The Morgan fingerprint density at radius 3 is 2.20 bits per heavy atom. The van der Waals surface area contributed by atoms with Gasteiger partial charge in [0.1, 0.15) is 0 Å². The number of likely N-dealkylation sites (tertiary alicyclic amines) is 1. The average molecular weight is 534 g/mol. The summed E-state index contributed by atoms with van der Waals surface area (Å²) in [5.74, 6) is 2.77. The van der Waals surface area contributed by atoms with E-state index in [1.165, 1.54) is 38.8 Å². The lowest BCUT2D eigenvalue weighted by Gasteiger charge is -2.20. The van der Waals surface area contributed by atoms with E-state index >= 15 is 0 Å². The number of nitrogens with one attached hydrogen (secondary N) is 2. The molecule has 2 rings (SSSR count). The summed E-state index contributed by atoms with van der Waals surface area (Å²) in [7, 11) is 5.07. The molecule has 0 aliphatic carbocycles. The van der Waals surface area contributed by atoms with E-state index in [1.54, 1.807) is 21.3 Å². The summed E-state index contributed by atoms with van der Waals surface area (Å²) >= 11 is 0. The second kappa shape index (κ2) is 15.4. The van der Waals surface area contributed by atoms with Crippen LogP contribution in [0.5, 0.6) is 17.2 Å². The van der Waals surface area contributed by atoms with Crippen LogP contribution in [0.2, 0.25) is 0 Å². The molecule has 0 saturated carbocycles. The van der Waals surface area contributed by atoms with Gasteiger partial charge in [0.15, 0.2) is 17.5 Å². The Labute approximate surface area is 199 Å². The second-order valence-electron chi connectivity index (χ2n) is 7.22. The molecule has 0 radical (unpaired) electrons. The molecule has 0 atom stereocenters. The summed E-state index contributed by atoms with van der Waals surface area (Å²) in [4.78, 5) is 6.91. The molecule has 1 heterocycles. The third kappa shape index (κ3) is 8.75. The van der Waals surface area contributed by atoms with Crippen LogP contribution in [0, 0.1) is 0 Å². The summed E-state index contributed by atoms with van der Waals surface area (Å²) in [6, 6.07) is 3.93. The van der Waals surface area contributed by atoms with Gasteiger partial charge in [-0.25, -0.2) is 0 Å². The number of methoxy groups -OCH3 is 2. The Balaban J connectivity index is 0.00000450. The fourth-order valence-corrected chi connectivity index (χ4v) is 3.60. The summed E-state index contributed by atoms with van der Waals surface area (Å²) < 4.78 is 16.6. The van der Waals surface area contributed by atoms with Crippen molar-refractivity contribution >= 4 is 29.9 Å². The first-order valence-electron chi connectivity index (χ1n) is 10.8. The first-order chi connectivity index (χ1) is 14.2. The van der Waals surface area contributed by atoms with Crippen molar-refractivity contribution in [1.29, 1.82) is 0 Å². The van der Waals surface area contributed by atoms with Crippen molar-refractivity contribution in [2.24, 2.45) is 4.99 Å². The van der Waals surface area contributed by atoms with Gasteiger partial charge in [0.05, 0.1) is 20.8 Å². The van der Waals surface area contributed by atoms with Gasteiger partial charge in [-0.2, -0.15) is 0 Å². The molecule has 0 bridgehead atoms. The molecule has 1 saturated heterocycles. The third-order valence-electron chi connectivity index (χ3n) is 5.13. The molecule has 172 valence electrons. The van der Waals surface area contributed by atoms with Crippen LogP contribution in [-0.4, -0.2) is 64.9 Å². The third-order valence-corrected chi connectivity index (χ3v) is 5.13. The van der Waals surface area contributed by atoms with E-state index in [0.29, 0.717) is 30.4 Å². The van der Waals surface area contributed by atoms with Gasteiger partial charge in [-0.05, 0) is 63.5 Å². The Hall–Kier alpha value is -1.42. The van der Waals surface area contributed by atoms with Crippen molar-refractivity contribution < 1.29 is 14.2 Å². The van der Waals surface area contributed by atoms with E-state index < -0.39 is 0 Å². The molecule has 1 aromatic rings. The molecule has 0 spiro atoms. The molecule has 8 heteroatoms. The molecule has 30 heavy (non-hydrogen) atoms. The predicted molar refractivity (Wildman–Crippen MR) is 134 cm³/mol. The van der Waals surface area contributed by atoms with E-state index in [2.05, 4.69) is 20.5 Å². The number of rotatable bonds is 10. The highest BCUT2D eigenvalue weighted by atomic mass is 127. The van der Waals surface area contributed by atoms with Gasteiger partial charge in [0, 0.05) is 20.1 Å². The lowest BCUT2D eigenvalue weighted by Crippen LogP contribution is -2.38. The Kier molecular flexibility index (Phi) is 13.7. The Bertz CT molecular complexity index is 610. The van der Waals surface area contributed by atoms with Gasteiger partial charge >= 0.3 is 0 Å². The van der Waals surface area contributed by atoms with Crippen LogP contribution in [0.3, 0.4) is 0 Å². The van der Waals surface area contributed by atoms with E-state index in [-0.39, 0.29) is 24.0 Å². The number of ether oxygens (including phenoxy) is 3. The smallest absolute Gasteiger partial charge is 0.203 e. The molecule has 2 N–H and O–H groups in total. The number of benzene rings is 1. The van der Waals surface area contributed by atoms with Gasteiger partial charge in [0.25, 0.3) is 0 Å². The average Bonchev–Trinajstić information content (AvgIpc) is 3.02. The highest BCUT2D eigenvalue weighted by Gasteiger charge is 2.14. The number of hydrogen-bond acceptors (Lipinski definition) is 5. The Morgan fingerprint density at radius 1 is 1.03 bits per heavy atom. The van der Waals surface area contributed by atoms with Gasteiger partial charge in [-0.1, -0.05) is 12.8 Å². The van der Waals surface area contributed by atoms with Gasteiger partial charge in [-0.15, -0.1) is 24.0 Å². The van der Waals surface area contributed by atoms with Crippen LogP contribution in [0.4, 0.5) is 0 Å². The van der Waals surface area contributed by atoms with Crippen LogP contribution in [0.15, 0.2) is 17.1 Å². The zero-order chi connectivity index (χ0) is 20.9. The minimum atomic E-state index is 0. The zero-order valence-electron chi connectivity index (χ0n) is 19.0. The maximum atomic E-state index is 5.66. The topological polar surface area (TPSA) is 67.4 Å². The standard InChI is InChI=1S/C22H38N4O3.HI/c1-5-29-21-19(27-3)15-18(16-20(21)28-4)17-25-22(23-2)24-11-10-14-26-12-8-6-7-9-13-26;/h15-16H,5-14,17H2,1-4H3,(H2,23,24,25);1H. The molecular formula is C22H39IN4O3. The van der Waals surface area contributed by atoms with E-state index in [1.807, 2.05) is 19.1 Å². The highest BCUT2D eigenvalue weighted by molar-refractivity contribution is 14.0. The van der Waals surface area contributed by atoms with Crippen LogP contribution >= 0.6 is 24.0 Å². The largest absolute Gasteiger partial charge is 0.493 e. The molecule has 0 amide bonds. The summed E-state index contributed by atoms with van der Waals surface area (Å²) in [5, 5.41) is 6.77. The fraction of sp³-hybridized carbons (Fsp3) is 0.682. The quantitative estimate of drug-likeness (QED) is 0.207. The van der Waals surface area contributed by atoms with Crippen LogP contribution in [0.1, 0.15) is 44.6 Å². The highest BCUT2D eigenvalue weighted by Crippen LogP contribution is 2.38. The summed E-state index contributed by atoms with van der Waals surface area (Å²) in [6.45, 7) is 7.66. The molecule has 1 aliphatic heterocycles. The Morgan fingerprint density at radius 2 is 1.67 bits per heavy atom. The lowest BCUT2D eigenvalue weighted by atomic mass is 10.2. The SMILES string of the molecule is CCOc1c(OC)cc(CNC(=NC)NCCCN2CCCCCC2)cc1OC.I. The van der Waals surface area contributed by atoms with Crippen molar-refractivity contribution in [2.45, 2.75) is 45.6 Å². The van der Waals surface area contributed by atoms with Gasteiger partial charge in [-0.3, -0.25) is 4.99 Å². The van der Waals surface area contributed by atoms with Gasteiger partial charge in [0.2, 0.25) is 5.75 Å². The van der Waals surface area contributed by atoms with E-state index in [9.17, 15) is 0 Å². The molecule has 7 nitrogen and oxygen atoms in total. The number of halogens is 1. The molecule has 0 unspecified atom stereocenters. The maximum Gasteiger partial charge on any atom is 0.203 e. The van der Waals surface area contributed by atoms with Crippen LogP contribution in [-0.2, 0) is 6.54 Å². The van der Waals surface area contributed by atoms with Crippen molar-refractivity contribution in [3.63, 3.8) is 0 Å². The van der Waals surface area contributed by atoms with Crippen LogP contribution < -0.4 is 24.8 Å². The first-order valence-corrected chi connectivity index (χ1v) is 10.8. The molecular weight excluding hydrogens is 495 g/mol. The predicted octanol–water partition coefficient (Wildman–Crippen LogP) is 3.65. The number of aliphatic imine (C=N–C) groups is 1. The summed E-state index contributed by atoms with van der Waals surface area (Å²) in [5.41, 5.74) is 1.04. The van der Waals surface area contributed by atoms with Crippen molar-refractivity contribution in [3.05, 3.63) is 17.7 Å².